The number of nitrogens with one attached hydrogen (secondary N) is 2. The van der Waals surface area contributed by atoms with Gasteiger partial charge in [0, 0.05) is 5.56 Å². The molecule has 1 aliphatic carbocycles. The molecule has 3 aromatic carbocycles. The number of hydrogen-bond donors (Lipinski definition) is 2. The summed E-state index contributed by atoms with van der Waals surface area (Å²) in [6.07, 6.45) is 2.89. The first-order valence-electron chi connectivity index (χ1n) is 10.8. The molecule has 6 heteroatoms. The quantitative estimate of drug-likeness (QED) is 0.562. The lowest BCUT2D eigenvalue weighted by Crippen LogP contribution is -2.31. The third-order valence-electron chi connectivity index (χ3n) is 6.04. The first-order chi connectivity index (χ1) is 15.2. The summed E-state index contributed by atoms with van der Waals surface area (Å²) >= 11 is 0. The Morgan fingerprint density at radius 2 is 1.72 bits per heavy atom. The third kappa shape index (κ3) is 4.55. The fraction of sp³-hybridized carbons (Fsp3) is 0.269. The molecule has 0 aromatic heterocycles. The van der Waals surface area contributed by atoms with E-state index in [1.807, 2.05) is 38.1 Å². The van der Waals surface area contributed by atoms with E-state index < -0.39 is 10.0 Å². The molecule has 0 radical (unpaired) electrons. The fourth-order valence-corrected chi connectivity index (χ4v) is 5.71. The summed E-state index contributed by atoms with van der Waals surface area (Å²) in [5.41, 5.74) is 5.75. The molecule has 1 aliphatic rings. The molecular formula is C26H28N2O3S. The van der Waals surface area contributed by atoms with Gasteiger partial charge in [0.2, 0.25) is 0 Å². The molecule has 2 N–H and O–H groups in total. The first kappa shape index (κ1) is 22.1. The molecule has 5 nitrogen and oxygen atoms in total. The number of anilines is 1. The number of amides is 1. The normalized spacial score (nSPS) is 15.7. The van der Waals surface area contributed by atoms with Gasteiger partial charge in [-0.25, -0.2) is 8.42 Å². The number of aryl methyl sites for hydroxylation is 4. The van der Waals surface area contributed by atoms with Gasteiger partial charge in [0.1, 0.15) is 0 Å². The number of hydrogen-bond acceptors (Lipinski definition) is 3. The third-order valence-corrected chi connectivity index (χ3v) is 7.55. The second-order valence-corrected chi connectivity index (χ2v) is 10.2. The largest absolute Gasteiger partial charge is 0.345 e. The van der Waals surface area contributed by atoms with Crippen molar-refractivity contribution in [3.63, 3.8) is 0 Å². The summed E-state index contributed by atoms with van der Waals surface area (Å²) in [5.74, 6) is -0.269. The van der Waals surface area contributed by atoms with E-state index in [1.165, 1.54) is 11.6 Å². The Morgan fingerprint density at radius 1 is 0.938 bits per heavy atom. The molecule has 0 spiro atoms. The van der Waals surface area contributed by atoms with Crippen LogP contribution in [0.25, 0.3) is 0 Å². The van der Waals surface area contributed by atoms with E-state index >= 15 is 0 Å². The monoisotopic (exact) mass is 448 g/mol. The van der Waals surface area contributed by atoms with E-state index in [4.69, 9.17) is 0 Å². The van der Waals surface area contributed by atoms with Crippen molar-refractivity contribution in [1.82, 2.24) is 5.32 Å². The van der Waals surface area contributed by atoms with Crippen LogP contribution in [0.1, 0.15) is 57.1 Å². The van der Waals surface area contributed by atoms with Gasteiger partial charge in [-0.15, -0.1) is 0 Å². The van der Waals surface area contributed by atoms with Gasteiger partial charge in [-0.1, -0.05) is 48.0 Å². The van der Waals surface area contributed by atoms with Gasteiger partial charge in [0.15, 0.2) is 0 Å². The Bertz CT molecular complexity index is 1280. The van der Waals surface area contributed by atoms with Crippen molar-refractivity contribution in [2.24, 2.45) is 0 Å². The van der Waals surface area contributed by atoms with E-state index in [-0.39, 0.29) is 16.8 Å². The van der Waals surface area contributed by atoms with Crippen LogP contribution in [0.2, 0.25) is 0 Å². The molecular weight excluding hydrogens is 420 g/mol. The van der Waals surface area contributed by atoms with Gasteiger partial charge < -0.3 is 5.32 Å². The van der Waals surface area contributed by atoms with Gasteiger partial charge >= 0.3 is 0 Å². The van der Waals surface area contributed by atoms with Crippen molar-refractivity contribution in [3.05, 3.63) is 94.0 Å². The Labute approximate surface area is 189 Å². The van der Waals surface area contributed by atoms with E-state index in [0.717, 1.165) is 36.0 Å². The van der Waals surface area contributed by atoms with E-state index in [0.29, 0.717) is 16.8 Å². The molecule has 0 unspecified atom stereocenters. The van der Waals surface area contributed by atoms with Gasteiger partial charge in [0.05, 0.1) is 16.6 Å². The minimum Gasteiger partial charge on any atom is -0.345 e. The van der Waals surface area contributed by atoms with Crippen LogP contribution in [-0.2, 0) is 16.4 Å². The van der Waals surface area contributed by atoms with Crippen molar-refractivity contribution in [3.8, 4) is 0 Å². The second-order valence-electron chi connectivity index (χ2n) is 8.52. The summed E-state index contributed by atoms with van der Waals surface area (Å²) < 4.78 is 29.0. The fourth-order valence-electron chi connectivity index (χ4n) is 4.30. The lowest BCUT2D eigenvalue weighted by atomic mass is 9.87. The Kier molecular flexibility index (Phi) is 6.07. The molecule has 1 amide bonds. The van der Waals surface area contributed by atoms with Crippen molar-refractivity contribution in [1.29, 1.82) is 0 Å². The maximum Gasteiger partial charge on any atom is 0.262 e. The summed E-state index contributed by atoms with van der Waals surface area (Å²) in [6, 6.07) is 18.5. The molecule has 32 heavy (non-hydrogen) atoms. The molecule has 0 aliphatic heterocycles. The molecule has 1 atom stereocenters. The Balaban J connectivity index is 1.59. The van der Waals surface area contributed by atoms with Crippen LogP contribution < -0.4 is 10.0 Å². The highest BCUT2D eigenvalue weighted by Crippen LogP contribution is 2.30. The molecule has 0 saturated carbocycles. The smallest absolute Gasteiger partial charge is 0.262 e. The van der Waals surface area contributed by atoms with Crippen molar-refractivity contribution >= 4 is 21.6 Å². The van der Waals surface area contributed by atoms with Crippen LogP contribution in [0.3, 0.4) is 0 Å². The molecule has 0 heterocycles. The highest BCUT2D eigenvalue weighted by Gasteiger charge is 2.24. The number of rotatable bonds is 5. The van der Waals surface area contributed by atoms with Gasteiger partial charge in [0.25, 0.3) is 15.9 Å². The van der Waals surface area contributed by atoms with Crippen molar-refractivity contribution in [2.75, 3.05) is 4.72 Å². The number of benzene rings is 3. The van der Waals surface area contributed by atoms with Crippen molar-refractivity contribution in [2.45, 2.75) is 51.0 Å². The average Bonchev–Trinajstić information content (AvgIpc) is 2.76. The maximum atomic E-state index is 13.1. The van der Waals surface area contributed by atoms with Crippen molar-refractivity contribution < 1.29 is 13.2 Å². The van der Waals surface area contributed by atoms with E-state index in [9.17, 15) is 13.2 Å². The van der Waals surface area contributed by atoms with Crippen LogP contribution in [0.5, 0.6) is 0 Å². The van der Waals surface area contributed by atoms with Crippen LogP contribution in [0, 0.1) is 20.8 Å². The average molecular weight is 449 g/mol. The summed E-state index contributed by atoms with van der Waals surface area (Å²) in [5, 5.41) is 3.10. The van der Waals surface area contributed by atoms with Crippen LogP contribution in [0.4, 0.5) is 5.69 Å². The molecule has 3 aromatic rings. The standard InChI is InChI=1S/C26H28N2O3S/c1-17-11-14-23(19(3)15-17)28-32(30,31)25-16-21(13-12-18(25)2)26(29)27-24-10-6-8-20-7-4-5-9-22(20)24/h4-5,7,9,11-16,24,28H,6,8,10H2,1-3H3,(H,27,29)/t24-/m1/s1. The minimum absolute atomic E-state index is 0.0675. The molecule has 0 saturated heterocycles. The zero-order valence-corrected chi connectivity index (χ0v) is 19.4. The van der Waals surface area contributed by atoms with Gasteiger partial charge in [-0.2, -0.15) is 0 Å². The van der Waals surface area contributed by atoms with Crippen LogP contribution >= 0.6 is 0 Å². The van der Waals surface area contributed by atoms with Crippen LogP contribution in [0.15, 0.2) is 65.6 Å². The lowest BCUT2D eigenvalue weighted by Gasteiger charge is -2.26. The zero-order chi connectivity index (χ0) is 22.9. The molecule has 166 valence electrons. The SMILES string of the molecule is Cc1ccc(NS(=O)(=O)c2cc(C(=O)N[C@@H]3CCCc4ccccc43)ccc2C)c(C)c1. The highest BCUT2D eigenvalue weighted by molar-refractivity contribution is 7.92. The highest BCUT2D eigenvalue weighted by atomic mass is 32.2. The van der Waals surface area contributed by atoms with E-state index in [1.54, 1.807) is 25.1 Å². The Hall–Kier alpha value is -3.12. The predicted molar refractivity (Wildman–Crippen MR) is 127 cm³/mol. The first-order valence-corrected chi connectivity index (χ1v) is 12.3. The minimum atomic E-state index is -3.85. The lowest BCUT2D eigenvalue weighted by molar-refractivity contribution is 0.0932. The van der Waals surface area contributed by atoms with Crippen LogP contribution in [-0.4, -0.2) is 14.3 Å². The number of carbonyl (C=O) groups excluding carboxylic acids is 1. The molecule has 0 fully saturated rings. The van der Waals surface area contributed by atoms with Gasteiger partial charge in [-0.05, 0) is 80.5 Å². The molecule has 4 rings (SSSR count). The zero-order valence-electron chi connectivity index (χ0n) is 18.6. The topological polar surface area (TPSA) is 75.3 Å². The number of fused-ring (bicyclic) bond motifs is 1. The predicted octanol–water partition coefficient (Wildman–Crippen LogP) is 5.22. The van der Waals surface area contributed by atoms with Gasteiger partial charge in [-0.3, -0.25) is 9.52 Å². The second kappa shape index (κ2) is 8.79. The molecule has 0 bridgehead atoms. The maximum absolute atomic E-state index is 13.1. The Morgan fingerprint density at radius 3 is 2.50 bits per heavy atom. The summed E-state index contributed by atoms with van der Waals surface area (Å²) in [7, 11) is -3.85. The van der Waals surface area contributed by atoms with E-state index in [2.05, 4.69) is 22.2 Å². The number of carbonyl (C=O) groups is 1. The number of sulfonamides is 1. The summed E-state index contributed by atoms with van der Waals surface area (Å²) in [4.78, 5) is 13.1. The summed E-state index contributed by atoms with van der Waals surface area (Å²) in [6.45, 7) is 5.56.